The molecule has 4 heteroatoms. The van der Waals surface area contributed by atoms with Crippen molar-refractivity contribution in [2.45, 2.75) is 19.4 Å². The maximum atomic E-state index is 5.47. The molecule has 0 spiro atoms. The fourth-order valence-electron chi connectivity index (χ4n) is 1.47. The minimum Gasteiger partial charge on any atom is -0.369 e. The molecular formula is C12H19N3O. The van der Waals surface area contributed by atoms with Crippen molar-refractivity contribution in [1.82, 2.24) is 5.43 Å². The van der Waals surface area contributed by atoms with Gasteiger partial charge in [0.15, 0.2) is 0 Å². The van der Waals surface area contributed by atoms with Crippen LogP contribution in [0.3, 0.4) is 0 Å². The zero-order valence-corrected chi connectivity index (χ0v) is 9.81. The molecule has 0 aliphatic carbocycles. The average Bonchev–Trinajstić information content (AvgIpc) is 2.35. The van der Waals surface area contributed by atoms with Gasteiger partial charge in [0.05, 0.1) is 0 Å². The zero-order valence-electron chi connectivity index (χ0n) is 9.81. The van der Waals surface area contributed by atoms with Crippen molar-refractivity contribution in [3.63, 3.8) is 0 Å². The standard InChI is InChI=1S/C12H19N3O/c1-3-9-14-12(15-13)11(16-2)10-7-5-4-6-8-10/h4-8,11H,3,9,13H2,1-2H3,(H,14,15). The second-order valence-corrected chi connectivity index (χ2v) is 3.44. The Kier molecular flexibility index (Phi) is 5.53. The van der Waals surface area contributed by atoms with Gasteiger partial charge in [0.1, 0.15) is 11.9 Å². The van der Waals surface area contributed by atoms with Crippen molar-refractivity contribution >= 4 is 5.84 Å². The Hall–Kier alpha value is -1.39. The van der Waals surface area contributed by atoms with E-state index in [-0.39, 0.29) is 6.10 Å². The van der Waals surface area contributed by atoms with Gasteiger partial charge in [-0.05, 0) is 12.0 Å². The molecule has 16 heavy (non-hydrogen) atoms. The van der Waals surface area contributed by atoms with Crippen LogP contribution in [0.2, 0.25) is 0 Å². The third-order valence-electron chi connectivity index (χ3n) is 2.24. The SMILES string of the molecule is CCCN=C(NN)C(OC)c1ccccc1. The molecule has 3 N–H and O–H groups in total. The van der Waals surface area contributed by atoms with Crippen molar-refractivity contribution in [2.75, 3.05) is 13.7 Å². The van der Waals surface area contributed by atoms with E-state index in [0.717, 1.165) is 18.5 Å². The van der Waals surface area contributed by atoms with Gasteiger partial charge in [0.25, 0.3) is 0 Å². The highest BCUT2D eigenvalue weighted by molar-refractivity contribution is 5.87. The van der Waals surface area contributed by atoms with Crippen LogP contribution >= 0.6 is 0 Å². The first-order valence-electron chi connectivity index (χ1n) is 5.42. The summed E-state index contributed by atoms with van der Waals surface area (Å²) in [6.45, 7) is 2.81. The molecule has 0 amide bonds. The number of hydrogen-bond donors (Lipinski definition) is 2. The van der Waals surface area contributed by atoms with Crippen LogP contribution < -0.4 is 11.3 Å². The lowest BCUT2D eigenvalue weighted by molar-refractivity contribution is 0.154. The second-order valence-electron chi connectivity index (χ2n) is 3.44. The Bertz CT molecular complexity index is 324. The van der Waals surface area contributed by atoms with Gasteiger partial charge < -0.3 is 10.2 Å². The lowest BCUT2D eigenvalue weighted by atomic mass is 10.1. The summed E-state index contributed by atoms with van der Waals surface area (Å²) < 4.78 is 5.41. The number of ether oxygens (including phenoxy) is 1. The van der Waals surface area contributed by atoms with E-state index in [9.17, 15) is 0 Å². The summed E-state index contributed by atoms with van der Waals surface area (Å²) in [4.78, 5) is 4.36. The third-order valence-corrected chi connectivity index (χ3v) is 2.24. The lowest BCUT2D eigenvalue weighted by Gasteiger charge is -2.17. The number of benzene rings is 1. The molecule has 0 saturated carbocycles. The molecule has 4 nitrogen and oxygen atoms in total. The quantitative estimate of drug-likeness (QED) is 0.344. The van der Waals surface area contributed by atoms with E-state index in [1.807, 2.05) is 30.3 Å². The smallest absolute Gasteiger partial charge is 0.145 e. The highest BCUT2D eigenvalue weighted by atomic mass is 16.5. The normalized spacial score (nSPS) is 13.6. The van der Waals surface area contributed by atoms with E-state index >= 15 is 0 Å². The van der Waals surface area contributed by atoms with Gasteiger partial charge in [0, 0.05) is 13.7 Å². The molecule has 0 fully saturated rings. The van der Waals surface area contributed by atoms with Gasteiger partial charge in [-0.3, -0.25) is 4.99 Å². The first-order valence-corrected chi connectivity index (χ1v) is 5.42. The van der Waals surface area contributed by atoms with Gasteiger partial charge in [-0.25, -0.2) is 5.84 Å². The van der Waals surface area contributed by atoms with E-state index in [0.29, 0.717) is 5.84 Å². The summed E-state index contributed by atoms with van der Waals surface area (Å²) in [7, 11) is 1.65. The lowest BCUT2D eigenvalue weighted by Crippen LogP contribution is -2.36. The van der Waals surface area contributed by atoms with Crippen LogP contribution in [0.1, 0.15) is 25.0 Å². The molecule has 0 bridgehead atoms. The number of methoxy groups -OCH3 is 1. The predicted octanol–water partition coefficient (Wildman–Crippen LogP) is 1.65. The molecule has 1 aromatic carbocycles. The molecule has 1 aromatic rings. The fourth-order valence-corrected chi connectivity index (χ4v) is 1.47. The molecule has 0 radical (unpaired) electrons. The summed E-state index contributed by atoms with van der Waals surface area (Å²) >= 11 is 0. The highest BCUT2D eigenvalue weighted by Gasteiger charge is 2.16. The van der Waals surface area contributed by atoms with Gasteiger partial charge >= 0.3 is 0 Å². The maximum absolute atomic E-state index is 5.47. The van der Waals surface area contributed by atoms with Crippen molar-refractivity contribution < 1.29 is 4.74 Å². The molecule has 1 unspecified atom stereocenters. The average molecular weight is 221 g/mol. The number of hydrazine groups is 1. The minimum absolute atomic E-state index is 0.224. The first kappa shape index (κ1) is 12.7. The van der Waals surface area contributed by atoms with Crippen LogP contribution in [0.25, 0.3) is 0 Å². The molecule has 0 heterocycles. The van der Waals surface area contributed by atoms with E-state index in [1.54, 1.807) is 7.11 Å². The van der Waals surface area contributed by atoms with E-state index in [2.05, 4.69) is 17.3 Å². The summed E-state index contributed by atoms with van der Waals surface area (Å²) in [5, 5.41) is 0. The molecule has 0 aromatic heterocycles. The van der Waals surface area contributed by atoms with E-state index < -0.39 is 0 Å². The van der Waals surface area contributed by atoms with Crippen molar-refractivity contribution in [3.8, 4) is 0 Å². The van der Waals surface area contributed by atoms with Crippen molar-refractivity contribution in [1.29, 1.82) is 0 Å². The topological polar surface area (TPSA) is 59.6 Å². The summed E-state index contributed by atoms with van der Waals surface area (Å²) in [6, 6.07) is 9.89. The van der Waals surface area contributed by atoms with Gasteiger partial charge in [-0.1, -0.05) is 37.3 Å². The molecule has 88 valence electrons. The number of rotatable bonds is 5. The number of nitrogens with zero attached hydrogens (tertiary/aromatic N) is 1. The summed E-state index contributed by atoms with van der Waals surface area (Å²) in [5.74, 6) is 6.13. The first-order chi connectivity index (χ1) is 7.83. The van der Waals surface area contributed by atoms with E-state index in [1.165, 1.54) is 0 Å². The minimum atomic E-state index is -0.224. The van der Waals surface area contributed by atoms with Gasteiger partial charge in [-0.2, -0.15) is 0 Å². The summed E-state index contributed by atoms with van der Waals surface area (Å²) in [6.07, 6.45) is 0.758. The largest absolute Gasteiger partial charge is 0.369 e. The van der Waals surface area contributed by atoms with Crippen LogP contribution in [0.15, 0.2) is 35.3 Å². The monoisotopic (exact) mass is 221 g/mol. The molecule has 0 aliphatic heterocycles. The molecular weight excluding hydrogens is 202 g/mol. The maximum Gasteiger partial charge on any atom is 0.145 e. The van der Waals surface area contributed by atoms with Crippen LogP contribution in [0.5, 0.6) is 0 Å². The Balaban J connectivity index is 2.88. The van der Waals surface area contributed by atoms with Crippen LogP contribution in [0.4, 0.5) is 0 Å². The molecule has 0 aliphatic rings. The molecule has 1 rings (SSSR count). The Labute approximate surface area is 96.5 Å². The van der Waals surface area contributed by atoms with Crippen LogP contribution in [-0.4, -0.2) is 19.5 Å². The fraction of sp³-hybridized carbons (Fsp3) is 0.417. The highest BCUT2D eigenvalue weighted by Crippen LogP contribution is 2.16. The van der Waals surface area contributed by atoms with Crippen molar-refractivity contribution in [3.05, 3.63) is 35.9 Å². The predicted molar refractivity (Wildman–Crippen MR) is 66.1 cm³/mol. The number of amidine groups is 1. The third kappa shape index (κ3) is 3.32. The zero-order chi connectivity index (χ0) is 11.8. The van der Waals surface area contributed by atoms with Crippen molar-refractivity contribution in [2.24, 2.45) is 10.8 Å². The molecule has 0 saturated heterocycles. The Morgan fingerprint density at radius 3 is 2.62 bits per heavy atom. The number of aliphatic imine (C=N–C) groups is 1. The number of nitrogens with one attached hydrogen (secondary N) is 1. The van der Waals surface area contributed by atoms with Crippen LogP contribution in [-0.2, 0) is 4.74 Å². The number of hydrogen-bond acceptors (Lipinski definition) is 3. The van der Waals surface area contributed by atoms with Gasteiger partial charge in [0.2, 0.25) is 0 Å². The Morgan fingerprint density at radius 1 is 1.44 bits per heavy atom. The Morgan fingerprint density at radius 2 is 2.12 bits per heavy atom. The van der Waals surface area contributed by atoms with Crippen LogP contribution in [0, 0.1) is 0 Å². The van der Waals surface area contributed by atoms with Gasteiger partial charge in [-0.15, -0.1) is 0 Å². The number of nitrogens with two attached hydrogens (primary N) is 1. The summed E-state index contributed by atoms with van der Waals surface area (Å²) in [5.41, 5.74) is 3.65. The van der Waals surface area contributed by atoms with E-state index in [4.69, 9.17) is 10.6 Å². The second kappa shape index (κ2) is 6.98. The molecule has 1 atom stereocenters.